The maximum absolute atomic E-state index is 8.09. The van der Waals surface area contributed by atoms with E-state index in [1.54, 1.807) is 13.8 Å². The minimum absolute atomic E-state index is 0.0595. The molecule has 138 valence electrons. The van der Waals surface area contributed by atoms with Crippen LogP contribution in [0.15, 0.2) is 0 Å². The van der Waals surface area contributed by atoms with Crippen LogP contribution in [0.3, 0.4) is 0 Å². The second-order valence-corrected chi connectivity index (χ2v) is 5.58. The molecule has 0 aromatic heterocycles. The highest BCUT2D eigenvalue weighted by molar-refractivity contribution is 6.11. The Morgan fingerprint density at radius 2 is 1.70 bits per heavy atom. The van der Waals surface area contributed by atoms with Crippen LogP contribution in [0.4, 0.5) is 0 Å². The Hall–Kier alpha value is -0.175. The van der Waals surface area contributed by atoms with Crippen LogP contribution >= 0.6 is 0 Å². The Labute approximate surface area is 142 Å². The van der Waals surface area contributed by atoms with E-state index in [0.717, 1.165) is 12.8 Å². The molecule has 2 unspecified atom stereocenters. The molecule has 1 aliphatic heterocycles. The van der Waals surface area contributed by atoms with Gasteiger partial charge in [-0.05, 0) is 47.5 Å². The maximum Gasteiger partial charge on any atom is 0.143 e. The minimum atomic E-state index is -0.215. The highest BCUT2D eigenvalue weighted by Gasteiger charge is 2.21. The highest BCUT2D eigenvalue weighted by Crippen LogP contribution is 2.17. The smallest absolute Gasteiger partial charge is 0.143 e. The zero-order valence-electron chi connectivity index (χ0n) is 15.4. The number of hydrogen-bond acceptors (Lipinski definition) is 6. The quantitative estimate of drug-likeness (QED) is 0.398. The summed E-state index contributed by atoms with van der Waals surface area (Å²) in [6.07, 6.45) is 2.35. The monoisotopic (exact) mass is 334 g/mol. The van der Waals surface area contributed by atoms with Gasteiger partial charge in [0, 0.05) is 18.7 Å². The van der Waals surface area contributed by atoms with Gasteiger partial charge in [0.2, 0.25) is 0 Å². The third kappa shape index (κ3) is 24.2. The summed E-state index contributed by atoms with van der Waals surface area (Å²) in [5.74, 6) is 0. The molecule has 2 radical (unpaired) electrons. The fourth-order valence-electron chi connectivity index (χ4n) is 1.48. The van der Waals surface area contributed by atoms with E-state index in [4.69, 9.17) is 32.3 Å². The van der Waals surface area contributed by atoms with E-state index >= 15 is 0 Å². The summed E-state index contributed by atoms with van der Waals surface area (Å²) < 4.78 is 20.2. The van der Waals surface area contributed by atoms with Crippen molar-refractivity contribution in [3.8, 4) is 0 Å². The molecule has 1 fully saturated rings. The van der Waals surface area contributed by atoms with Crippen molar-refractivity contribution in [3.63, 3.8) is 0 Å². The van der Waals surface area contributed by atoms with Gasteiger partial charge < -0.3 is 29.2 Å². The minimum Gasteiger partial charge on any atom is -0.394 e. The molecule has 7 heteroatoms. The van der Waals surface area contributed by atoms with E-state index in [1.165, 1.54) is 0 Å². The van der Waals surface area contributed by atoms with Gasteiger partial charge in [-0.1, -0.05) is 0 Å². The lowest BCUT2D eigenvalue weighted by atomic mass is 9.97. The van der Waals surface area contributed by atoms with Gasteiger partial charge in [0.15, 0.2) is 0 Å². The molecular formula is C16H35BO6. The maximum atomic E-state index is 8.09. The standard InChI is InChI=1S/C8H15BO2.C5H12O3.C3H8O/c1-6(2)10-5-7-3-4-8(9)11-7;1-2-7-3-4-8-5-6;1-3(2)4/h6-8H,3-5H2,1-2H3;6H,2-5H2,1H3;3-4H,1-2H3. The van der Waals surface area contributed by atoms with Crippen molar-refractivity contribution in [3.05, 3.63) is 0 Å². The van der Waals surface area contributed by atoms with E-state index in [-0.39, 0.29) is 31.1 Å². The molecule has 0 saturated carbocycles. The largest absolute Gasteiger partial charge is 0.394 e. The second kappa shape index (κ2) is 18.2. The van der Waals surface area contributed by atoms with E-state index in [1.807, 2.05) is 20.8 Å². The molecule has 6 nitrogen and oxygen atoms in total. The molecule has 0 aromatic rings. The van der Waals surface area contributed by atoms with Gasteiger partial charge in [-0.2, -0.15) is 0 Å². The van der Waals surface area contributed by atoms with Crippen molar-refractivity contribution in [2.45, 2.75) is 71.8 Å². The summed E-state index contributed by atoms with van der Waals surface area (Å²) in [4.78, 5) is 0. The Morgan fingerprint density at radius 3 is 2.09 bits per heavy atom. The molecule has 2 N–H and O–H groups in total. The van der Waals surface area contributed by atoms with E-state index in [9.17, 15) is 0 Å². The zero-order chi connectivity index (χ0) is 18.1. The van der Waals surface area contributed by atoms with Crippen LogP contribution in [0, 0.1) is 0 Å². The molecule has 1 saturated heterocycles. The van der Waals surface area contributed by atoms with Gasteiger partial charge in [0.1, 0.15) is 14.6 Å². The highest BCUT2D eigenvalue weighted by atomic mass is 16.6. The van der Waals surface area contributed by atoms with Crippen LogP contribution in [0.1, 0.15) is 47.5 Å². The van der Waals surface area contributed by atoms with Crippen molar-refractivity contribution in [1.29, 1.82) is 0 Å². The van der Waals surface area contributed by atoms with E-state index in [0.29, 0.717) is 26.4 Å². The Kier molecular flexibility index (Phi) is 19.8. The number of aliphatic hydroxyl groups excluding tert-OH is 2. The molecule has 0 aromatic carbocycles. The Bertz CT molecular complexity index is 220. The van der Waals surface area contributed by atoms with E-state index < -0.39 is 0 Å². The summed E-state index contributed by atoms with van der Waals surface area (Å²) in [7, 11) is 5.55. The predicted molar refractivity (Wildman–Crippen MR) is 91.6 cm³/mol. The predicted octanol–water partition coefficient (Wildman–Crippen LogP) is 1.46. The SMILES string of the molecule is CC(C)O.CCOCCOCO.[B]C1CCC(COC(C)C)O1. The van der Waals surface area contributed by atoms with Gasteiger partial charge in [0.25, 0.3) is 0 Å². The number of ether oxygens (including phenoxy) is 4. The number of hydrogen-bond donors (Lipinski definition) is 2. The van der Waals surface area contributed by atoms with Gasteiger partial charge in [-0.25, -0.2) is 0 Å². The number of rotatable bonds is 8. The summed E-state index contributed by atoms with van der Waals surface area (Å²) in [6, 6.07) is -0.0595. The normalized spacial score (nSPS) is 20.0. The first-order chi connectivity index (χ1) is 10.8. The summed E-state index contributed by atoms with van der Waals surface area (Å²) in [6.45, 7) is 11.6. The van der Waals surface area contributed by atoms with Crippen LogP contribution in [0.5, 0.6) is 0 Å². The molecular weight excluding hydrogens is 299 g/mol. The van der Waals surface area contributed by atoms with Crippen molar-refractivity contribution in [2.24, 2.45) is 0 Å². The van der Waals surface area contributed by atoms with Crippen LogP contribution in [-0.4, -0.2) is 75.6 Å². The lowest BCUT2D eigenvalue weighted by Crippen LogP contribution is -2.19. The molecule has 1 aliphatic rings. The number of aliphatic hydroxyl groups is 2. The first-order valence-electron chi connectivity index (χ1n) is 8.30. The topological polar surface area (TPSA) is 77.4 Å². The lowest BCUT2D eigenvalue weighted by Gasteiger charge is -2.13. The van der Waals surface area contributed by atoms with Gasteiger partial charge in [-0.15, -0.1) is 0 Å². The lowest BCUT2D eigenvalue weighted by molar-refractivity contribution is -0.0276. The average molecular weight is 334 g/mol. The van der Waals surface area contributed by atoms with Gasteiger partial charge in [-0.3, -0.25) is 0 Å². The van der Waals surface area contributed by atoms with Gasteiger partial charge >= 0.3 is 0 Å². The van der Waals surface area contributed by atoms with Crippen molar-refractivity contribution in [1.82, 2.24) is 0 Å². The van der Waals surface area contributed by atoms with Crippen molar-refractivity contribution >= 4 is 7.85 Å². The molecule has 1 heterocycles. The Balaban J connectivity index is 0. The second-order valence-electron chi connectivity index (χ2n) is 5.58. The fraction of sp³-hybridized carbons (Fsp3) is 1.00. The molecule has 0 amide bonds. The molecule has 1 rings (SSSR count). The summed E-state index contributed by atoms with van der Waals surface area (Å²) >= 11 is 0. The summed E-state index contributed by atoms with van der Waals surface area (Å²) in [5, 5.41) is 16.1. The summed E-state index contributed by atoms with van der Waals surface area (Å²) in [5.41, 5.74) is 0. The molecule has 0 spiro atoms. The van der Waals surface area contributed by atoms with Crippen LogP contribution in [0.25, 0.3) is 0 Å². The van der Waals surface area contributed by atoms with E-state index in [2.05, 4.69) is 4.74 Å². The third-order valence-corrected chi connectivity index (χ3v) is 2.42. The van der Waals surface area contributed by atoms with Gasteiger partial charge in [0.05, 0.1) is 32.0 Å². The van der Waals surface area contributed by atoms with Crippen molar-refractivity contribution in [2.75, 3.05) is 33.2 Å². The molecule has 23 heavy (non-hydrogen) atoms. The third-order valence-electron chi connectivity index (χ3n) is 2.42. The Morgan fingerprint density at radius 1 is 1.13 bits per heavy atom. The fourth-order valence-corrected chi connectivity index (χ4v) is 1.48. The first-order valence-corrected chi connectivity index (χ1v) is 8.30. The van der Waals surface area contributed by atoms with Crippen molar-refractivity contribution < 1.29 is 29.2 Å². The van der Waals surface area contributed by atoms with Crippen LogP contribution in [-0.2, 0) is 18.9 Å². The molecule has 0 aliphatic carbocycles. The zero-order valence-corrected chi connectivity index (χ0v) is 15.4. The van der Waals surface area contributed by atoms with Crippen LogP contribution < -0.4 is 0 Å². The first kappa shape index (κ1) is 25.1. The average Bonchev–Trinajstić information content (AvgIpc) is 2.87. The molecule has 0 bridgehead atoms. The molecule has 2 atom stereocenters. The van der Waals surface area contributed by atoms with Crippen LogP contribution in [0.2, 0.25) is 0 Å².